The molecule has 0 aliphatic carbocycles. The smallest absolute Gasteiger partial charge is 0.229 e. The second-order valence-corrected chi connectivity index (χ2v) is 5.93. The second kappa shape index (κ2) is 8.85. The van der Waals surface area contributed by atoms with Gasteiger partial charge >= 0.3 is 0 Å². The van der Waals surface area contributed by atoms with Gasteiger partial charge < -0.3 is 15.4 Å². The largest absolute Gasteiger partial charge is 0.492 e. The molecule has 5 nitrogen and oxygen atoms in total. The van der Waals surface area contributed by atoms with Crippen LogP contribution < -0.4 is 15.4 Å². The lowest BCUT2D eigenvalue weighted by atomic mass is 10.1. The first-order valence-electron chi connectivity index (χ1n) is 8.87. The van der Waals surface area contributed by atoms with Crippen molar-refractivity contribution in [1.29, 1.82) is 0 Å². The number of nitrogens with one attached hydrogen (secondary N) is 2. The molecule has 134 valence electrons. The van der Waals surface area contributed by atoms with Gasteiger partial charge in [-0.1, -0.05) is 42.5 Å². The quantitative estimate of drug-likeness (QED) is 0.624. The Hall–Kier alpha value is -3.08. The predicted octanol–water partition coefficient (Wildman–Crippen LogP) is 4.58. The summed E-state index contributed by atoms with van der Waals surface area (Å²) >= 11 is 0. The van der Waals surface area contributed by atoms with Crippen molar-refractivity contribution >= 4 is 17.5 Å². The van der Waals surface area contributed by atoms with Gasteiger partial charge in [0.1, 0.15) is 11.6 Å². The number of nitrogens with zero attached hydrogens (tertiary/aromatic N) is 2. The molecule has 1 aromatic heterocycles. The van der Waals surface area contributed by atoms with Crippen molar-refractivity contribution < 1.29 is 4.74 Å². The van der Waals surface area contributed by atoms with Gasteiger partial charge in [-0.2, -0.15) is 4.98 Å². The SMILES string of the molecule is CCOc1ccccc1Nc1nc(C)cc(NCCc2ccccc2)n1. The van der Waals surface area contributed by atoms with E-state index >= 15 is 0 Å². The number of ether oxygens (including phenoxy) is 1. The third-order valence-electron chi connectivity index (χ3n) is 3.85. The number of aromatic nitrogens is 2. The Morgan fingerprint density at radius 3 is 2.54 bits per heavy atom. The highest BCUT2D eigenvalue weighted by Crippen LogP contribution is 2.26. The number of para-hydroxylation sites is 2. The minimum Gasteiger partial charge on any atom is -0.492 e. The minimum absolute atomic E-state index is 0.555. The van der Waals surface area contributed by atoms with Crippen LogP contribution in [0.1, 0.15) is 18.2 Å². The number of rotatable bonds is 8. The fourth-order valence-corrected chi connectivity index (χ4v) is 2.67. The highest BCUT2D eigenvalue weighted by molar-refractivity contribution is 5.63. The maximum atomic E-state index is 5.65. The van der Waals surface area contributed by atoms with Crippen molar-refractivity contribution in [3.63, 3.8) is 0 Å². The van der Waals surface area contributed by atoms with E-state index in [1.54, 1.807) is 0 Å². The van der Waals surface area contributed by atoms with Crippen LogP contribution in [-0.2, 0) is 6.42 Å². The Bertz CT molecular complexity index is 836. The molecule has 2 aromatic carbocycles. The topological polar surface area (TPSA) is 59.1 Å². The average molecular weight is 348 g/mol. The summed E-state index contributed by atoms with van der Waals surface area (Å²) in [5.74, 6) is 2.16. The molecular formula is C21H24N4O. The van der Waals surface area contributed by atoms with E-state index in [2.05, 4.69) is 44.9 Å². The summed E-state index contributed by atoms with van der Waals surface area (Å²) in [5, 5.41) is 6.64. The van der Waals surface area contributed by atoms with E-state index in [0.29, 0.717) is 12.6 Å². The molecule has 0 saturated heterocycles. The van der Waals surface area contributed by atoms with Gasteiger partial charge in [0.05, 0.1) is 12.3 Å². The Kier molecular flexibility index (Phi) is 6.04. The molecule has 5 heteroatoms. The highest BCUT2D eigenvalue weighted by atomic mass is 16.5. The Labute approximate surface area is 154 Å². The molecule has 0 aliphatic heterocycles. The normalized spacial score (nSPS) is 10.4. The van der Waals surface area contributed by atoms with E-state index in [1.807, 2.05) is 50.2 Å². The molecule has 3 aromatic rings. The van der Waals surface area contributed by atoms with E-state index in [1.165, 1.54) is 5.56 Å². The van der Waals surface area contributed by atoms with Crippen molar-refractivity contribution in [2.24, 2.45) is 0 Å². The molecule has 0 fully saturated rings. The zero-order chi connectivity index (χ0) is 18.2. The zero-order valence-electron chi connectivity index (χ0n) is 15.2. The van der Waals surface area contributed by atoms with Gasteiger partial charge in [0.2, 0.25) is 5.95 Å². The van der Waals surface area contributed by atoms with Crippen LogP contribution in [-0.4, -0.2) is 23.1 Å². The maximum Gasteiger partial charge on any atom is 0.229 e. The van der Waals surface area contributed by atoms with Crippen LogP contribution >= 0.6 is 0 Å². The van der Waals surface area contributed by atoms with Crippen LogP contribution in [0.5, 0.6) is 5.75 Å². The highest BCUT2D eigenvalue weighted by Gasteiger charge is 2.07. The third kappa shape index (κ3) is 4.96. The van der Waals surface area contributed by atoms with Gasteiger partial charge in [-0.15, -0.1) is 0 Å². The molecular weight excluding hydrogens is 324 g/mol. The Morgan fingerprint density at radius 1 is 0.962 bits per heavy atom. The molecule has 0 saturated carbocycles. The summed E-state index contributed by atoms with van der Waals surface area (Å²) in [7, 11) is 0. The fourth-order valence-electron chi connectivity index (χ4n) is 2.67. The number of hydrogen-bond donors (Lipinski definition) is 2. The summed E-state index contributed by atoms with van der Waals surface area (Å²) in [4.78, 5) is 9.05. The summed E-state index contributed by atoms with van der Waals surface area (Å²) in [6.07, 6.45) is 0.944. The molecule has 0 aliphatic rings. The molecule has 26 heavy (non-hydrogen) atoms. The minimum atomic E-state index is 0.555. The van der Waals surface area contributed by atoms with Crippen molar-refractivity contribution in [1.82, 2.24) is 9.97 Å². The van der Waals surface area contributed by atoms with Crippen LogP contribution in [0.15, 0.2) is 60.7 Å². The van der Waals surface area contributed by atoms with Crippen LogP contribution in [0.3, 0.4) is 0 Å². The van der Waals surface area contributed by atoms with E-state index < -0.39 is 0 Å². The lowest BCUT2D eigenvalue weighted by Crippen LogP contribution is -2.09. The van der Waals surface area contributed by atoms with Crippen molar-refractivity contribution in [3.05, 3.63) is 71.9 Å². The lowest BCUT2D eigenvalue weighted by molar-refractivity contribution is 0.342. The number of aryl methyl sites for hydroxylation is 1. The van der Waals surface area contributed by atoms with E-state index in [-0.39, 0.29) is 0 Å². The first kappa shape index (κ1) is 17.7. The van der Waals surface area contributed by atoms with Gasteiger partial charge in [0.15, 0.2) is 0 Å². The second-order valence-electron chi connectivity index (χ2n) is 5.93. The van der Waals surface area contributed by atoms with Crippen molar-refractivity contribution in [2.45, 2.75) is 20.3 Å². The van der Waals surface area contributed by atoms with Crippen molar-refractivity contribution in [2.75, 3.05) is 23.8 Å². The standard InChI is InChI=1S/C21H24N4O/c1-3-26-19-12-8-7-11-18(19)24-21-23-16(2)15-20(25-21)22-14-13-17-9-5-4-6-10-17/h4-12,15H,3,13-14H2,1-2H3,(H2,22,23,24,25). The summed E-state index contributed by atoms with van der Waals surface area (Å²) in [5.41, 5.74) is 3.06. The first-order chi connectivity index (χ1) is 12.7. The van der Waals surface area contributed by atoms with Crippen LogP contribution in [0.2, 0.25) is 0 Å². The van der Waals surface area contributed by atoms with Crippen LogP contribution in [0.4, 0.5) is 17.5 Å². The summed E-state index contributed by atoms with van der Waals surface area (Å²) < 4.78 is 5.65. The Morgan fingerprint density at radius 2 is 1.73 bits per heavy atom. The predicted molar refractivity (Wildman–Crippen MR) is 106 cm³/mol. The van der Waals surface area contributed by atoms with E-state index in [0.717, 1.165) is 35.9 Å². The molecule has 3 rings (SSSR count). The third-order valence-corrected chi connectivity index (χ3v) is 3.85. The first-order valence-corrected chi connectivity index (χ1v) is 8.87. The van der Waals surface area contributed by atoms with E-state index in [4.69, 9.17) is 4.74 Å². The van der Waals surface area contributed by atoms with Crippen LogP contribution in [0, 0.1) is 6.92 Å². The Balaban J connectivity index is 1.68. The molecule has 1 heterocycles. The monoisotopic (exact) mass is 348 g/mol. The molecule has 0 atom stereocenters. The van der Waals surface area contributed by atoms with Gasteiger partial charge in [-0.3, -0.25) is 0 Å². The van der Waals surface area contributed by atoms with Gasteiger partial charge in [-0.25, -0.2) is 4.98 Å². The maximum absolute atomic E-state index is 5.65. The van der Waals surface area contributed by atoms with Gasteiger partial charge in [-0.05, 0) is 38.0 Å². The number of benzene rings is 2. The molecule has 2 N–H and O–H groups in total. The molecule has 0 unspecified atom stereocenters. The average Bonchev–Trinajstić information content (AvgIpc) is 2.64. The molecule has 0 amide bonds. The number of hydrogen-bond acceptors (Lipinski definition) is 5. The molecule has 0 bridgehead atoms. The number of anilines is 3. The van der Waals surface area contributed by atoms with Crippen molar-refractivity contribution in [3.8, 4) is 5.75 Å². The van der Waals surface area contributed by atoms with Gasteiger partial charge in [0.25, 0.3) is 0 Å². The van der Waals surface area contributed by atoms with E-state index in [9.17, 15) is 0 Å². The summed E-state index contributed by atoms with van der Waals surface area (Å²) in [6.45, 7) is 5.35. The zero-order valence-corrected chi connectivity index (χ0v) is 15.2. The molecule has 0 spiro atoms. The van der Waals surface area contributed by atoms with Gasteiger partial charge in [0, 0.05) is 18.3 Å². The fraction of sp³-hybridized carbons (Fsp3) is 0.238. The molecule has 0 radical (unpaired) electrons. The summed E-state index contributed by atoms with van der Waals surface area (Å²) in [6, 6.07) is 20.1. The lowest BCUT2D eigenvalue weighted by Gasteiger charge is -2.13. The van der Waals surface area contributed by atoms with Crippen LogP contribution in [0.25, 0.3) is 0 Å².